The van der Waals surface area contributed by atoms with Gasteiger partial charge in [-0.1, -0.05) is 26.0 Å². The van der Waals surface area contributed by atoms with Crippen LogP contribution in [0.25, 0.3) is 5.69 Å². The summed E-state index contributed by atoms with van der Waals surface area (Å²) in [5.74, 6) is -0.185. The van der Waals surface area contributed by atoms with Crippen molar-refractivity contribution in [3.63, 3.8) is 0 Å². The van der Waals surface area contributed by atoms with Crippen LogP contribution in [0.2, 0.25) is 0 Å². The predicted molar refractivity (Wildman–Crippen MR) is 102 cm³/mol. The van der Waals surface area contributed by atoms with Gasteiger partial charge in [-0.2, -0.15) is 5.10 Å². The number of carbonyl (C=O) groups is 1. The van der Waals surface area contributed by atoms with Crippen LogP contribution in [0.5, 0.6) is 0 Å². The maximum absolute atomic E-state index is 13.6. The van der Waals surface area contributed by atoms with Gasteiger partial charge in [0.05, 0.1) is 22.6 Å². The van der Waals surface area contributed by atoms with Crippen molar-refractivity contribution in [2.45, 2.75) is 33.7 Å². The van der Waals surface area contributed by atoms with E-state index in [9.17, 15) is 9.18 Å². The number of hydrogen-bond acceptors (Lipinski definition) is 3. The van der Waals surface area contributed by atoms with Gasteiger partial charge in [-0.15, -0.1) is 0 Å². The van der Waals surface area contributed by atoms with Crippen LogP contribution in [0.3, 0.4) is 0 Å². The van der Waals surface area contributed by atoms with Crippen LogP contribution in [-0.4, -0.2) is 20.7 Å². The van der Waals surface area contributed by atoms with Crippen molar-refractivity contribution < 1.29 is 9.18 Å². The number of rotatable bonds is 6. The van der Waals surface area contributed by atoms with Gasteiger partial charge in [0.1, 0.15) is 5.82 Å². The summed E-state index contributed by atoms with van der Waals surface area (Å²) in [5, 5.41) is 7.55. The minimum absolute atomic E-state index is 0.186. The number of aromatic nitrogens is 3. The van der Waals surface area contributed by atoms with Gasteiger partial charge in [-0.25, -0.2) is 9.07 Å². The highest BCUT2D eigenvalue weighted by molar-refractivity contribution is 5.96. The van der Waals surface area contributed by atoms with Crippen LogP contribution in [0, 0.1) is 18.7 Å². The minimum Gasteiger partial charge on any atom is -0.348 e. The Labute approximate surface area is 158 Å². The standard InChI is InChI=1S/C21H23FN4O/c1-14(2)10-19-20(21(27)24-13-16-6-5-9-23-12-16)15(3)26(25-19)18-8-4-7-17(22)11-18/h4-9,11-12,14H,10,13H2,1-3H3,(H,24,27). The first-order chi connectivity index (χ1) is 13.0. The topological polar surface area (TPSA) is 59.8 Å². The number of carbonyl (C=O) groups excluding carboxylic acids is 1. The van der Waals surface area contributed by atoms with E-state index in [1.54, 1.807) is 29.2 Å². The van der Waals surface area contributed by atoms with E-state index in [0.717, 1.165) is 11.3 Å². The molecule has 27 heavy (non-hydrogen) atoms. The Morgan fingerprint density at radius 1 is 1.26 bits per heavy atom. The van der Waals surface area contributed by atoms with Crippen LogP contribution < -0.4 is 5.32 Å². The fourth-order valence-corrected chi connectivity index (χ4v) is 3.02. The van der Waals surface area contributed by atoms with Gasteiger partial charge >= 0.3 is 0 Å². The van der Waals surface area contributed by atoms with Gasteiger partial charge in [0.2, 0.25) is 0 Å². The van der Waals surface area contributed by atoms with E-state index in [1.807, 2.05) is 19.1 Å². The molecule has 0 unspecified atom stereocenters. The molecule has 1 amide bonds. The summed E-state index contributed by atoms with van der Waals surface area (Å²) in [6.07, 6.45) is 4.08. The van der Waals surface area contributed by atoms with E-state index in [-0.39, 0.29) is 11.7 Å². The van der Waals surface area contributed by atoms with Crippen LogP contribution in [0.1, 0.15) is 41.2 Å². The lowest BCUT2D eigenvalue weighted by molar-refractivity contribution is 0.0949. The van der Waals surface area contributed by atoms with E-state index in [1.165, 1.54) is 12.1 Å². The average Bonchev–Trinajstić information content (AvgIpc) is 2.96. The molecule has 1 aromatic carbocycles. The molecule has 2 heterocycles. The normalized spacial score (nSPS) is 11.0. The molecule has 0 saturated heterocycles. The molecule has 0 saturated carbocycles. The van der Waals surface area contributed by atoms with E-state index in [0.29, 0.717) is 35.8 Å². The first-order valence-corrected chi connectivity index (χ1v) is 8.97. The monoisotopic (exact) mass is 366 g/mol. The van der Waals surface area contributed by atoms with Gasteiger partial charge < -0.3 is 5.32 Å². The third-order valence-electron chi connectivity index (χ3n) is 4.25. The molecular weight excluding hydrogens is 343 g/mol. The molecule has 0 atom stereocenters. The summed E-state index contributed by atoms with van der Waals surface area (Å²) >= 11 is 0. The van der Waals surface area contributed by atoms with Crippen LogP contribution in [0.15, 0.2) is 48.8 Å². The lowest BCUT2D eigenvalue weighted by atomic mass is 10.0. The quantitative estimate of drug-likeness (QED) is 0.721. The third kappa shape index (κ3) is 4.39. The fraction of sp³-hybridized carbons (Fsp3) is 0.286. The largest absolute Gasteiger partial charge is 0.348 e. The minimum atomic E-state index is -0.338. The number of hydrogen-bond donors (Lipinski definition) is 1. The first-order valence-electron chi connectivity index (χ1n) is 8.97. The van der Waals surface area contributed by atoms with Gasteiger partial charge in [-0.05, 0) is 49.1 Å². The molecule has 0 fully saturated rings. The Hall–Kier alpha value is -3.02. The second kappa shape index (κ2) is 8.12. The van der Waals surface area contributed by atoms with Crippen LogP contribution in [0.4, 0.5) is 4.39 Å². The zero-order valence-electron chi connectivity index (χ0n) is 15.7. The average molecular weight is 366 g/mol. The maximum Gasteiger partial charge on any atom is 0.255 e. The first kappa shape index (κ1) is 18.8. The lowest BCUT2D eigenvalue weighted by Gasteiger charge is -2.08. The smallest absolute Gasteiger partial charge is 0.255 e. The Morgan fingerprint density at radius 2 is 2.07 bits per heavy atom. The van der Waals surface area contributed by atoms with Gasteiger partial charge in [0, 0.05) is 18.9 Å². The van der Waals surface area contributed by atoms with E-state index in [4.69, 9.17) is 0 Å². The third-order valence-corrected chi connectivity index (χ3v) is 4.25. The molecule has 3 aromatic rings. The summed E-state index contributed by atoms with van der Waals surface area (Å²) in [5.41, 5.74) is 3.49. The van der Waals surface area contributed by atoms with Crippen molar-refractivity contribution in [1.29, 1.82) is 0 Å². The zero-order chi connectivity index (χ0) is 19.4. The molecule has 6 heteroatoms. The van der Waals surface area contributed by atoms with Crippen molar-refractivity contribution in [3.05, 3.63) is 77.1 Å². The van der Waals surface area contributed by atoms with Crippen molar-refractivity contribution in [1.82, 2.24) is 20.1 Å². The number of halogens is 1. The number of pyridine rings is 1. The van der Waals surface area contributed by atoms with Gasteiger partial charge in [0.15, 0.2) is 0 Å². The molecule has 0 aliphatic rings. The highest BCUT2D eigenvalue weighted by Gasteiger charge is 2.22. The molecular formula is C21H23FN4O. The summed E-state index contributed by atoms with van der Waals surface area (Å²) in [4.78, 5) is 17.0. The molecule has 0 spiro atoms. The molecule has 2 aromatic heterocycles. The SMILES string of the molecule is Cc1c(C(=O)NCc2cccnc2)c(CC(C)C)nn1-c1cccc(F)c1. The Balaban J connectivity index is 1.93. The maximum atomic E-state index is 13.6. The second-order valence-electron chi connectivity index (χ2n) is 6.94. The highest BCUT2D eigenvalue weighted by Crippen LogP contribution is 2.21. The van der Waals surface area contributed by atoms with E-state index >= 15 is 0 Å². The Bertz CT molecular complexity index is 935. The van der Waals surface area contributed by atoms with Crippen molar-refractivity contribution in [2.75, 3.05) is 0 Å². The molecule has 0 radical (unpaired) electrons. The van der Waals surface area contributed by atoms with E-state index < -0.39 is 0 Å². The Kier molecular flexibility index (Phi) is 5.64. The molecule has 0 aliphatic carbocycles. The number of nitrogens with zero attached hydrogens (tertiary/aromatic N) is 3. The number of nitrogens with one attached hydrogen (secondary N) is 1. The molecule has 0 bridgehead atoms. The highest BCUT2D eigenvalue weighted by atomic mass is 19.1. The van der Waals surface area contributed by atoms with Gasteiger partial charge in [0.25, 0.3) is 5.91 Å². The molecule has 5 nitrogen and oxygen atoms in total. The summed E-state index contributed by atoms with van der Waals surface area (Å²) in [6.45, 7) is 6.38. The van der Waals surface area contributed by atoms with Crippen molar-refractivity contribution in [3.8, 4) is 5.69 Å². The predicted octanol–water partition coefficient (Wildman–Crippen LogP) is 3.84. The molecule has 1 N–H and O–H groups in total. The summed E-state index contributed by atoms with van der Waals surface area (Å²) in [7, 11) is 0. The van der Waals surface area contributed by atoms with Crippen molar-refractivity contribution in [2.24, 2.45) is 5.92 Å². The fourth-order valence-electron chi connectivity index (χ4n) is 3.02. The second-order valence-corrected chi connectivity index (χ2v) is 6.94. The molecule has 3 rings (SSSR count). The molecule has 0 aliphatic heterocycles. The van der Waals surface area contributed by atoms with E-state index in [2.05, 4.69) is 29.2 Å². The zero-order valence-corrected chi connectivity index (χ0v) is 15.7. The lowest BCUT2D eigenvalue weighted by Crippen LogP contribution is -2.24. The number of amides is 1. The van der Waals surface area contributed by atoms with Gasteiger partial charge in [-0.3, -0.25) is 9.78 Å². The number of benzene rings is 1. The molecule has 140 valence electrons. The summed E-state index contributed by atoms with van der Waals surface area (Å²) in [6, 6.07) is 9.95. The van der Waals surface area contributed by atoms with Crippen LogP contribution >= 0.6 is 0 Å². The van der Waals surface area contributed by atoms with Crippen molar-refractivity contribution >= 4 is 5.91 Å². The Morgan fingerprint density at radius 3 is 2.74 bits per heavy atom. The summed E-state index contributed by atoms with van der Waals surface area (Å²) < 4.78 is 15.3. The van der Waals surface area contributed by atoms with Crippen LogP contribution in [-0.2, 0) is 13.0 Å².